The van der Waals surface area contributed by atoms with Gasteiger partial charge in [0.1, 0.15) is 5.82 Å². The van der Waals surface area contributed by atoms with Gasteiger partial charge in [-0.15, -0.1) is 0 Å². The lowest BCUT2D eigenvalue weighted by Crippen LogP contribution is -2.35. The molecule has 1 amide bonds. The van der Waals surface area contributed by atoms with Crippen molar-refractivity contribution >= 4 is 11.7 Å². The van der Waals surface area contributed by atoms with E-state index in [9.17, 15) is 9.59 Å². The number of nitrogens with zero attached hydrogens (tertiary/aromatic N) is 1. The van der Waals surface area contributed by atoms with Gasteiger partial charge in [-0.1, -0.05) is 0 Å². The zero-order valence-corrected chi connectivity index (χ0v) is 8.70. The molecule has 3 N–H and O–H groups in total. The van der Waals surface area contributed by atoms with E-state index < -0.39 is 0 Å². The first-order valence-electron chi connectivity index (χ1n) is 4.66. The van der Waals surface area contributed by atoms with Gasteiger partial charge in [0.2, 0.25) is 5.91 Å². The van der Waals surface area contributed by atoms with Crippen LogP contribution in [0.2, 0.25) is 0 Å². The molecule has 1 aromatic rings. The summed E-state index contributed by atoms with van der Waals surface area (Å²) in [7, 11) is 0. The van der Waals surface area contributed by atoms with Gasteiger partial charge >= 0.3 is 0 Å². The monoisotopic (exact) mass is 210 g/mol. The van der Waals surface area contributed by atoms with Crippen molar-refractivity contribution in [2.75, 3.05) is 11.9 Å². The lowest BCUT2D eigenvalue weighted by molar-refractivity contribution is -0.119. The van der Waals surface area contributed by atoms with E-state index >= 15 is 0 Å². The number of aromatic amines is 1. The largest absolute Gasteiger partial charge is 0.361 e. The van der Waals surface area contributed by atoms with Gasteiger partial charge < -0.3 is 15.6 Å². The molecular weight excluding hydrogens is 196 g/mol. The summed E-state index contributed by atoms with van der Waals surface area (Å²) in [6, 6.07) is 1.40. The van der Waals surface area contributed by atoms with Crippen LogP contribution in [0.25, 0.3) is 0 Å². The first kappa shape index (κ1) is 11.2. The van der Waals surface area contributed by atoms with Gasteiger partial charge in [0.15, 0.2) is 0 Å². The summed E-state index contributed by atoms with van der Waals surface area (Å²) in [4.78, 5) is 28.3. The summed E-state index contributed by atoms with van der Waals surface area (Å²) in [6.07, 6.45) is 1.28. The van der Waals surface area contributed by atoms with Gasteiger partial charge in [-0.2, -0.15) is 0 Å². The van der Waals surface area contributed by atoms with Gasteiger partial charge in [-0.3, -0.25) is 9.59 Å². The molecule has 1 aromatic heterocycles. The van der Waals surface area contributed by atoms with Crippen molar-refractivity contribution in [2.45, 2.75) is 19.9 Å². The SMILES string of the molecule is CC(C)NC(=O)CNc1cc(=O)[nH]cn1. The Balaban J connectivity index is 2.44. The summed E-state index contributed by atoms with van der Waals surface area (Å²) in [5.41, 5.74) is -0.253. The molecule has 0 aliphatic carbocycles. The number of hydrogen-bond acceptors (Lipinski definition) is 4. The maximum Gasteiger partial charge on any atom is 0.252 e. The number of H-pyrrole nitrogens is 1. The molecule has 82 valence electrons. The van der Waals surface area contributed by atoms with Crippen molar-refractivity contribution in [3.8, 4) is 0 Å². The number of rotatable bonds is 4. The van der Waals surface area contributed by atoms with Crippen molar-refractivity contribution in [1.29, 1.82) is 0 Å². The minimum Gasteiger partial charge on any atom is -0.361 e. The third kappa shape index (κ3) is 4.26. The molecule has 0 bridgehead atoms. The van der Waals surface area contributed by atoms with E-state index in [1.807, 2.05) is 13.8 Å². The van der Waals surface area contributed by atoms with Crippen LogP contribution in [0.1, 0.15) is 13.8 Å². The molecule has 0 unspecified atom stereocenters. The molecule has 0 saturated carbocycles. The van der Waals surface area contributed by atoms with Gasteiger partial charge in [0.05, 0.1) is 12.9 Å². The molecule has 0 radical (unpaired) electrons. The van der Waals surface area contributed by atoms with Crippen molar-refractivity contribution < 1.29 is 4.79 Å². The topological polar surface area (TPSA) is 86.9 Å². The zero-order valence-electron chi connectivity index (χ0n) is 8.70. The number of aromatic nitrogens is 2. The first-order chi connectivity index (χ1) is 7.08. The summed E-state index contributed by atoms with van der Waals surface area (Å²) >= 11 is 0. The molecule has 1 heterocycles. The van der Waals surface area contributed by atoms with Crippen molar-refractivity contribution in [3.05, 3.63) is 22.7 Å². The highest BCUT2D eigenvalue weighted by Gasteiger charge is 2.02. The molecule has 0 fully saturated rings. The van der Waals surface area contributed by atoms with E-state index in [-0.39, 0.29) is 24.1 Å². The quantitative estimate of drug-likeness (QED) is 0.637. The number of carbonyl (C=O) groups excluding carboxylic acids is 1. The van der Waals surface area contributed by atoms with Crippen LogP contribution in [0.5, 0.6) is 0 Å². The van der Waals surface area contributed by atoms with Crippen molar-refractivity contribution in [1.82, 2.24) is 15.3 Å². The van der Waals surface area contributed by atoms with E-state index in [0.717, 1.165) is 0 Å². The molecule has 0 atom stereocenters. The molecule has 0 aliphatic rings. The second kappa shape index (κ2) is 5.14. The smallest absolute Gasteiger partial charge is 0.252 e. The van der Waals surface area contributed by atoms with Gasteiger partial charge in [0, 0.05) is 12.1 Å². The van der Waals surface area contributed by atoms with Crippen LogP contribution in [0.15, 0.2) is 17.2 Å². The average Bonchev–Trinajstić information content (AvgIpc) is 2.14. The third-order valence-corrected chi connectivity index (χ3v) is 1.56. The Morgan fingerprint density at radius 2 is 2.33 bits per heavy atom. The predicted molar refractivity (Wildman–Crippen MR) is 56.6 cm³/mol. The number of amides is 1. The Bertz CT molecular complexity index is 386. The molecule has 0 aliphatic heterocycles. The molecule has 15 heavy (non-hydrogen) atoms. The Kier molecular flexibility index (Phi) is 3.84. The van der Waals surface area contributed by atoms with Gasteiger partial charge in [-0.05, 0) is 13.8 Å². The van der Waals surface area contributed by atoms with Crippen LogP contribution in [0.4, 0.5) is 5.82 Å². The molecule has 6 heteroatoms. The van der Waals surface area contributed by atoms with Crippen LogP contribution < -0.4 is 16.2 Å². The van der Waals surface area contributed by atoms with Crippen LogP contribution in [0, 0.1) is 0 Å². The Labute approximate surface area is 87.1 Å². The highest BCUT2D eigenvalue weighted by molar-refractivity contribution is 5.80. The Morgan fingerprint density at radius 1 is 1.60 bits per heavy atom. The number of nitrogens with one attached hydrogen (secondary N) is 3. The minimum atomic E-state index is -0.253. The number of hydrogen-bond donors (Lipinski definition) is 3. The van der Waals surface area contributed by atoms with Gasteiger partial charge in [-0.25, -0.2) is 4.98 Å². The third-order valence-electron chi connectivity index (χ3n) is 1.56. The summed E-state index contributed by atoms with van der Waals surface area (Å²) in [6.45, 7) is 3.86. The molecule has 0 aromatic carbocycles. The van der Waals surface area contributed by atoms with E-state index in [2.05, 4.69) is 20.6 Å². The fraction of sp³-hybridized carbons (Fsp3) is 0.444. The number of carbonyl (C=O) groups is 1. The summed E-state index contributed by atoms with van der Waals surface area (Å²) < 4.78 is 0. The Morgan fingerprint density at radius 3 is 2.93 bits per heavy atom. The molecule has 6 nitrogen and oxygen atoms in total. The predicted octanol–water partition coefficient (Wildman–Crippen LogP) is -0.294. The summed E-state index contributed by atoms with van der Waals surface area (Å²) in [5.74, 6) is 0.254. The first-order valence-corrected chi connectivity index (χ1v) is 4.66. The average molecular weight is 210 g/mol. The van der Waals surface area contributed by atoms with E-state index in [1.54, 1.807) is 0 Å². The van der Waals surface area contributed by atoms with Crippen molar-refractivity contribution in [2.24, 2.45) is 0 Å². The van der Waals surface area contributed by atoms with Crippen LogP contribution in [-0.4, -0.2) is 28.5 Å². The number of anilines is 1. The fourth-order valence-electron chi connectivity index (χ4n) is 1.01. The Hall–Kier alpha value is -1.85. The second-order valence-corrected chi connectivity index (χ2v) is 3.37. The van der Waals surface area contributed by atoms with E-state index in [0.29, 0.717) is 5.82 Å². The molecule has 0 saturated heterocycles. The lowest BCUT2D eigenvalue weighted by atomic mass is 10.4. The van der Waals surface area contributed by atoms with E-state index in [1.165, 1.54) is 12.4 Å². The second-order valence-electron chi connectivity index (χ2n) is 3.37. The summed E-state index contributed by atoms with van der Waals surface area (Å²) in [5, 5.41) is 5.46. The van der Waals surface area contributed by atoms with Crippen LogP contribution in [0.3, 0.4) is 0 Å². The van der Waals surface area contributed by atoms with E-state index in [4.69, 9.17) is 0 Å². The maximum absolute atomic E-state index is 11.2. The van der Waals surface area contributed by atoms with Gasteiger partial charge in [0.25, 0.3) is 5.56 Å². The van der Waals surface area contributed by atoms with Crippen LogP contribution >= 0.6 is 0 Å². The maximum atomic E-state index is 11.2. The highest BCUT2D eigenvalue weighted by atomic mass is 16.2. The normalized spacial score (nSPS) is 10.1. The fourth-order valence-corrected chi connectivity index (χ4v) is 1.01. The molecule has 0 spiro atoms. The minimum absolute atomic E-state index is 0.103. The standard InChI is InChI=1S/C9H14N4O2/c1-6(2)13-9(15)4-10-7-3-8(14)12-5-11-7/h3,5-6H,4H2,1-2H3,(H,13,15)(H2,10,11,12,14). The highest BCUT2D eigenvalue weighted by Crippen LogP contribution is 1.93. The molecular formula is C9H14N4O2. The zero-order chi connectivity index (χ0) is 11.3. The lowest BCUT2D eigenvalue weighted by Gasteiger charge is -2.08. The van der Waals surface area contributed by atoms with Crippen LogP contribution in [-0.2, 0) is 4.79 Å². The van der Waals surface area contributed by atoms with Crippen molar-refractivity contribution in [3.63, 3.8) is 0 Å². The molecule has 1 rings (SSSR count).